The van der Waals surface area contributed by atoms with Gasteiger partial charge in [0, 0.05) is 37.9 Å². The Kier molecular flexibility index (Phi) is 4.60. The van der Waals surface area contributed by atoms with E-state index in [1.807, 2.05) is 24.7 Å². The molecule has 1 saturated heterocycles. The van der Waals surface area contributed by atoms with Crippen molar-refractivity contribution in [1.82, 2.24) is 24.4 Å². The molecule has 7 nitrogen and oxygen atoms in total. The number of imidazole rings is 1. The van der Waals surface area contributed by atoms with E-state index in [2.05, 4.69) is 32.8 Å². The van der Waals surface area contributed by atoms with Gasteiger partial charge in [-0.25, -0.2) is 15.0 Å². The van der Waals surface area contributed by atoms with E-state index in [4.69, 9.17) is 4.98 Å². The average Bonchev–Trinajstić information content (AvgIpc) is 3.10. The molecule has 32 heavy (non-hydrogen) atoms. The van der Waals surface area contributed by atoms with Crippen LogP contribution < -0.4 is 4.90 Å². The van der Waals surface area contributed by atoms with Crippen molar-refractivity contribution in [3.8, 4) is 5.82 Å². The Morgan fingerprint density at radius 3 is 2.06 bits per heavy atom. The van der Waals surface area contributed by atoms with Crippen molar-refractivity contribution in [2.24, 2.45) is 23.2 Å². The summed E-state index contributed by atoms with van der Waals surface area (Å²) in [5, 5.41) is 0. The molecule has 170 valence electrons. The number of aryl methyl sites for hydroxylation is 2. The van der Waals surface area contributed by atoms with Crippen molar-refractivity contribution in [2.75, 3.05) is 31.1 Å². The summed E-state index contributed by atoms with van der Waals surface area (Å²) < 4.78 is 2.03. The predicted octanol–water partition coefficient (Wildman–Crippen LogP) is 3.45. The molecule has 1 aliphatic heterocycles. The van der Waals surface area contributed by atoms with E-state index in [1.165, 1.54) is 19.3 Å². The van der Waals surface area contributed by atoms with E-state index in [0.717, 1.165) is 92.0 Å². The van der Waals surface area contributed by atoms with Gasteiger partial charge in [0.15, 0.2) is 0 Å². The van der Waals surface area contributed by atoms with Crippen LogP contribution in [0.2, 0.25) is 0 Å². The lowest BCUT2D eigenvalue weighted by molar-refractivity contribution is -0.158. The number of rotatable bonds is 3. The first-order valence-corrected chi connectivity index (χ1v) is 12.3. The standard InChI is InChI=1S/C25H34N6O/c1-16-17(2)31(15-26-16)23-11-22(27-18(3)28-23)29-4-6-30(7-5-29)24(32)25-12-19-8-20(13-25)10-21(9-19)14-25/h11,15,19-21H,4-10,12-14H2,1-3H3. The van der Waals surface area contributed by atoms with Gasteiger partial charge in [0.25, 0.3) is 0 Å². The monoisotopic (exact) mass is 434 g/mol. The quantitative estimate of drug-likeness (QED) is 0.740. The first kappa shape index (κ1) is 20.2. The van der Waals surface area contributed by atoms with Crippen LogP contribution in [0.3, 0.4) is 0 Å². The molecule has 2 aromatic rings. The zero-order valence-electron chi connectivity index (χ0n) is 19.5. The average molecular weight is 435 g/mol. The minimum absolute atomic E-state index is 0.0353. The van der Waals surface area contributed by atoms with E-state index in [9.17, 15) is 4.79 Å². The molecule has 1 amide bonds. The molecule has 0 N–H and O–H groups in total. The third kappa shape index (κ3) is 3.23. The van der Waals surface area contributed by atoms with Gasteiger partial charge in [-0.3, -0.25) is 9.36 Å². The van der Waals surface area contributed by atoms with Crippen molar-refractivity contribution in [1.29, 1.82) is 0 Å². The lowest BCUT2D eigenvalue weighted by atomic mass is 9.49. The van der Waals surface area contributed by atoms with Crippen LogP contribution in [-0.4, -0.2) is 56.5 Å². The van der Waals surface area contributed by atoms with Crippen LogP contribution >= 0.6 is 0 Å². The summed E-state index contributed by atoms with van der Waals surface area (Å²) in [7, 11) is 0. The van der Waals surface area contributed by atoms with Crippen LogP contribution in [0.5, 0.6) is 0 Å². The number of amides is 1. The van der Waals surface area contributed by atoms with Gasteiger partial charge in [-0.05, 0) is 77.0 Å². The van der Waals surface area contributed by atoms with Gasteiger partial charge in [-0.2, -0.15) is 0 Å². The van der Waals surface area contributed by atoms with Gasteiger partial charge >= 0.3 is 0 Å². The summed E-state index contributed by atoms with van der Waals surface area (Å²) in [4.78, 5) is 32.0. The van der Waals surface area contributed by atoms with Crippen LogP contribution in [0.15, 0.2) is 12.4 Å². The Balaban J connectivity index is 1.17. The number of carbonyl (C=O) groups is 1. The summed E-state index contributed by atoms with van der Waals surface area (Å²) in [5.74, 6) is 5.45. The van der Waals surface area contributed by atoms with Gasteiger partial charge in [0.1, 0.15) is 23.8 Å². The van der Waals surface area contributed by atoms with Gasteiger partial charge in [0.2, 0.25) is 5.91 Å². The summed E-state index contributed by atoms with van der Waals surface area (Å²) in [6, 6.07) is 2.05. The van der Waals surface area contributed by atoms with Crippen molar-refractivity contribution >= 4 is 11.7 Å². The molecular formula is C25H34N6O. The van der Waals surface area contributed by atoms with Gasteiger partial charge in [-0.15, -0.1) is 0 Å². The highest BCUT2D eigenvalue weighted by molar-refractivity contribution is 5.83. The molecule has 4 bridgehead atoms. The zero-order chi connectivity index (χ0) is 22.0. The van der Waals surface area contributed by atoms with Crippen molar-refractivity contribution in [3.63, 3.8) is 0 Å². The van der Waals surface area contributed by atoms with E-state index in [1.54, 1.807) is 0 Å². The Morgan fingerprint density at radius 1 is 0.906 bits per heavy atom. The highest BCUT2D eigenvalue weighted by Gasteiger charge is 2.55. The molecule has 4 saturated carbocycles. The van der Waals surface area contributed by atoms with Crippen molar-refractivity contribution in [2.45, 2.75) is 59.3 Å². The summed E-state index contributed by atoms with van der Waals surface area (Å²) in [6.45, 7) is 9.27. The normalized spacial score (nSPS) is 31.4. The van der Waals surface area contributed by atoms with Crippen LogP contribution in [-0.2, 0) is 4.79 Å². The molecule has 0 unspecified atom stereocenters. The third-order valence-corrected chi connectivity index (χ3v) is 8.69. The predicted molar refractivity (Wildman–Crippen MR) is 123 cm³/mol. The SMILES string of the molecule is Cc1nc(N2CCN(C(=O)C34CC5CC(CC(C5)C3)C4)CC2)cc(-n2cnc(C)c2C)n1. The van der Waals surface area contributed by atoms with Crippen molar-refractivity contribution in [3.05, 3.63) is 29.6 Å². The maximum Gasteiger partial charge on any atom is 0.228 e. The summed E-state index contributed by atoms with van der Waals surface area (Å²) in [5.41, 5.74) is 2.08. The largest absolute Gasteiger partial charge is 0.353 e. The highest BCUT2D eigenvalue weighted by Crippen LogP contribution is 2.60. The second kappa shape index (κ2) is 7.29. The molecule has 0 spiro atoms. The van der Waals surface area contributed by atoms with E-state index in [-0.39, 0.29) is 5.41 Å². The Hall–Kier alpha value is -2.44. The molecule has 7 rings (SSSR count). The fourth-order valence-electron chi connectivity index (χ4n) is 7.40. The number of nitrogens with zero attached hydrogens (tertiary/aromatic N) is 6. The number of hydrogen-bond acceptors (Lipinski definition) is 5. The first-order chi connectivity index (χ1) is 15.4. The molecule has 2 aromatic heterocycles. The van der Waals surface area contributed by atoms with Crippen LogP contribution in [0.25, 0.3) is 5.82 Å². The molecule has 0 atom stereocenters. The van der Waals surface area contributed by atoms with E-state index in [0.29, 0.717) is 5.91 Å². The number of carbonyl (C=O) groups excluding carboxylic acids is 1. The Labute approximate surface area is 190 Å². The van der Waals surface area contributed by atoms with E-state index < -0.39 is 0 Å². The number of aromatic nitrogens is 4. The fourth-order valence-corrected chi connectivity index (χ4v) is 7.40. The molecular weight excluding hydrogens is 400 g/mol. The highest BCUT2D eigenvalue weighted by atomic mass is 16.2. The Bertz CT molecular complexity index is 1020. The van der Waals surface area contributed by atoms with Crippen molar-refractivity contribution < 1.29 is 4.79 Å². The number of anilines is 1. The lowest BCUT2D eigenvalue weighted by Crippen LogP contribution is -2.58. The molecule has 5 fully saturated rings. The zero-order valence-corrected chi connectivity index (χ0v) is 19.5. The number of hydrogen-bond donors (Lipinski definition) is 0. The third-order valence-electron chi connectivity index (χ3n) is 8.69. The first-order valence-electron chi connectivity index (χ1n) is 12.3. The maximum absolute atomic E-state index is 13.7. The smallest absolute Gasteiger partial charge is 0.228 e. The van der Waals surface area contributed by atoms with Gasteiger partial charge in [0.05, 0.1) is 11.1 Å². The van der Waals surface area contributed by atoms with Crippen LogP contribution in [0.1, 0.15) is 55.7 Å². The fraction of sp³-hybridized carbons (Fsp3) is 0.680. The van der Waals surface area contributed by atoms with Gasteiger partial charge < -0.3 is 9.80 Å². The second-order valence-electron chi connectivity index (χ2n) is 10.9. The molecule has 3 heterocycles. The van der Waals surface area contributed by atoms with E-state index >= 15 is 0 Å². The summed E-state index contributed by atoms with van der Waals surface area (Å²) in [6.07, 6.45) is 9.42. The Morgan fingerprint density at radius 2 is 1.50 bits per heavy atom. The molecule has 5 aliphatic rings. The lowest BCUT2D eigenvalue weighted by Gasteiger charge is -2.57. The minimum Gasteiger partial charge on any atom is -0.353 e. The minimum atomic E-state index is -0.0353. The molecule has 4 aliphatic carbocycles. The van der Waals surface area contributed by atoms with Gasteiger partial charge in [-0.1, -0.05) is 0 Å². The second-order valence-corrected chi connectivity index (χ2v) is 10.9. The molecule has 0 aromatic carbocycles. The summed E-state index contributed by atoms with van der Waals surface area (Å²) >= 11 is 0. The van der Waals surface area contributed by atoms with Crippen LogP contribution in [0, 0.1) is 43.9 Å². The molecule has 0 radical (unpaired) electrons. The van der Waals surface area contributed by atoms with Crippen LogP contribution in [0.4, 0.5) is 5.82 Å². The maximum atomic E-state index is 13.7. The molecule has 7 heteroatoms. The number of piperazine rings is 1. The topological polar surface area (TPSA) is 67.2 Å².